The molecule has 0 aromatic carbocycles. The molecule has 1 fully saturated rings. The van der Waals surface area contributed by atoms with Crippen molar-refractivity contribution in [2.24, 2.45) is 0 Å². The molecule has 20 heavy (non-hydrogen) atoms. The van der Waals surface area contributed by atoms with E-state index in [1.807, 2.05) is 17.5 Å². The summed E-state index contributed by atoms with van der Waals surface area (Å²) >= 11 is 1.63. The van der Waals surface area contributed by atoms with Crippen LogP contribution in [0.1, 0.15) is 31.4 Å². The first-order valence-corrected chi connectivity index (χ1v) is 8.08. The van der Waals surface area contributed by atoms with Crippen molar-refractivity contribution in [3.8, 4) is 10.8 Å². The van der Waals surface area contributed by atoms with Crippen LogP contribution in [0.2, 0.25) is 0 Å². The van der Waals surface area contributed by atoms with Gasteiger partial charge in [-0.1, -0.05) is 18.9 Å². The fraction of sp³-hybridized carbons (Fsp3) is 0.533. The molecule has 1 atom stereocenters. The highest BCUT2D eigenvalue weighted by Crippen LogP contribution is 2.25. The standard InChI is InChI=1S/C15H20N2O2S/c18-10-13-5-2-1-3-7-17(13)9-12-11-19-15(16-12)14-6-4-8-20-14/h4,6,8,11,13,18H,1-3,5,7,9-10H2. The average molecular weight is 292 g/mol. The van der Waals surface area contributed by atoms with Gasteiger partial charge in [-0.05, 0) is 30.8 Å². The van der Waals surface area contributed by atoms with E-state index in [4.69, 9.17) is 4.42 Å². The highest BCUT2D eigenvalue weighted by Gasteiger charge is 2.21. The van der Waals surface area contributed by atoms with E-state index in [0.29, 0.717) is 5.89 Å². The molecule has 1 unspecified atom stereocenters. The first kappa shape index (κ1) is 13.8. The highest BCUT2D eigenvalue weighted by molar-refractivity contribution is 7.13. The molecule has 0 amide bonds. The number of oxazole rings is 1. The lowest BCUT2D eigenvalue weighted by molar-refractivity contribution is 0.117. The molecule has 1 aliphatic rings. The highest BCUT2D eigenvalue weighted by atomic mass is 32.1. The van der Waals surface area contributed by atoms with Crippen LogP contribution in [-0.4, -0.2) is 34.2 Å². The number of aliphatic hydroxyl groups is 1. The van der Waals surface area contributed by atoms with Gasteiger partial charge in [0.05, 0.1) is 17.2 Å². The Morgan fingerprint density at radius 2 is 2.35 bits per heavy atom. The molecular formula is C15H20N2O2S. The van der Waals surface area contributed by atoms with E-state index in [0.717, 1.165) is 30.1 Å². The van der Waals surface area contributed by atoms with E-state index in [-0.39, 0.29) is 12.6 Å². The molecule has 1 saturated heterocycles. The van der Waals surface area contributed by atoms with Gasteiger partial charge >= 0.3 is 0 Å². The molecule has 2 aromatic rings. The first-order valence-electron chi connectivity index (χ1n) is 7.20. The molecule has 5 heteroatoms. The van der Waals surface area contributed by atoms with Gasteiger partial charge in [0, 0.05) is 12.6 Å². The van der Waals surface area contributed by atoms with Gasteiger partial charge in [-0.2, -0.15) is 0 Å². The van der Waals surface area contributed by atoms with Crippen molar-refractivity contribution in [3.63, 3.8) is 0 Å². The second-order valence-corrected chi connectivity index (χ2v) is 6.23. The predicted molar refractivity (Wildman–Crippen MR) is 79.6 cm³/mol. The zero-order chi connectivity index (χ0) is 13.8. The summed E-state index contributed by atoms with van der Waals surface area (Å²) in [6.07, 6.45) is 6.49. The van der Waals surface area contributed by atoms with Gasteiger partial charge in [0.25, 0.3) is 0 Å². The molecule has 2 aromatic heterocycles. The van der Waals surface area contributed by atoms with E-state index in [1.165, 1.54) is 19.3 Å². The number of rotatable bonds is 4. The van der Waals surface area contributed by atoms with Crippen LogP contribution in [0.5, 0.6) is 0 Å². The predicted octanol–water partition coefficient (Wildman–Crippen LogP) is 3.14. The third-order valence-electron chi connectivity index (χ3n) is 3.86. The minimum atomic E-state index is 0.232. The Morgan fingerprint density at radius 1 is 1.40 bits per heavy atom. The molecule has 3 rings (SSSR count). The molecule has 4 nitrogen and oxygen atoms in total. The topological polar surface area (TPSA) is 49.5 Å². The summed E-state index contributed by atoms with van der Waals surface area (Å²) in [5, 5.41) is 11.6. The van der Waals surface area contributed by atoms with Gasteiger partial charge in [0.1, 0.15) is 6.26 Å². The van der Waals surface area contributed by atoms with E-state index in [1.54, 1.807) is 17.6 Å². The normalized spacial score (nSPS) is 20.9. The number of hydrogen-bond donors (Lipinski definition) is 1. The molecule has 0 bridgehead atoms. The van der Waals surface area contributed by atoms with Gasteiger partial charge in [-0.15, -0.1) is 11.3 Å². The molecule has 1 aliphatic heterocycles. The van der Waals surface area contributed by atoms with Crippen LogP contribution in [0.15, 0.2) is 28.2 Å². The Balaban J connectivity index is 1.70. The Morgan fingerprint density at radius 3 is 3.15 bits per heavy atom. The van der Waals surface area contributed by atoms with Gasteiger partial charge in [-0.25, -0.2) is 4.98 Å². The lowest BCUT2D eigenvalue weighted by atomic mass is 10.1. The van der Waals surface area contributed by atoms with Crippen LogP contribution >= 0.6 is 11.3 Å². The molecule has 0 saturated carbocycles. The number of nitrogens with zero attached hydrogens (tertiary/aromatic N) is 2. The number of thiophene rings is 1. The molecular weight excluding hydrogens is 272 g/mol. The van der Waals surface area contributed by atoms with E-state index in [2.05, 4.69) is 9.88 Å². The Bertz CT molecular complexity index is 524. The van der Waals surface area contributed by atoms with Crippen molar-refractivity contribution in [1.29, 1.82) is 0 Å². The number of hydrogen-bond acceptors (Lipinski definition) is 5. The van der Waals surface area contributed by atoms with Gasteiger partial charge in [0.15, 0.2) is 0 Å². The summed E-state index contributed by atoms with van der Waals surface area (Å²) in [5.74, 6) is 0.699. The zero-order valence-electron chi connectivity index (χ0n) is 11.5. The van der Waals surface area contributed by atoms with Crippen LogP contribution in [0.25, 0.3) is 10.8 Å². The third kappa shape index (κ3) is 3.11. The van der Waals surface area contributed by atoms with E-state index >= 15 is 0 Å². The summed E-state index contributed by atoms with van der Waals surface area (Å²) in [4.78, 5) is 7.96. The summed E-state index contributed by atoms with van der Waals surface area (Å²) in [5.41, 5.74) is 0.953. The Hall–Kier alpha value is -1.17. The number of likely N-dealkylation sites (tertiary alicyclic amines) is 1. The minimum Gasteiger partial charge on any atom is -0.444 e. The Kier molecular flexibility index (Phi) is 4.50. The average Bonchev–Trinajstić information content (AvgIpc) is 3.08. The molecule has 0 radical (unpaired) electrons. The van der Waals surface area contributed by atoms with Crippen LogP contribution in [0, 0.1) is 0 Å². The maximum atomic E-state index is 9.54. The summed E-state index contributed by atoms with van der Waals surface area (Å²) in [6.45, 7) is 2.03. The summed E-state index contributed by atoms with van der Waals surface area (Å²) in [6, 6.07) is 4.28. The van der Waals surface area contributed by atoms with Crippen LogP contribution < -0.4 is 0 Å². The number of aliphatic hydroxyl groups excluding tert-OH is 1. The van der Waals surface area contributed by atoms with Crippen molar-refractivity contribution in [1.82, 2.24) is 9.88 Å². The van der Waals surface area contributed by atoms with Gasteiger partial charge in [0.2, 0.25) is 5.89 Å². The maximum Gasteiger partial charge on any atom is 0.236 e. The second kappa shape index (κ2) is 6.52. The van der Waals surface area contributed by atoms with Crippen molar-refractivity contribution in [2.45, 2.75) is 38.3 Å². The van der Waals surface area contributed by atoms with Crippen molar-refractivity contribution < 1.29 is 9.52 Å². The van der Waals surface area contributed by atoms with Crippen molar-refractivity contribution in [2.75, 3.05) is 13.2 Å². The van der Waals surface area contributed by atoms with Gasteiger partial charge in [-0.3, -0.25) is 4.90 Å². The zero-order valence-corrected chi connectivity index (χ0v) is 12.3. The van der Waals surface area contributed by atoms with E-state index < -0.39 is 0 Å². The molecule has 0 aliphatic carbocycles. The van der Waals surface area contributed by atoms with E-state index in [9.17, 15) is 5.11 Å². The molecule has 108 valence electrons. The summed E-state index contributed by atoms with van der Waals surface area (Å²) < 4.78 is 5.56. The van der Waals surface area contributed by atoms with Crippen molar-refractivity contribution >= 4 is 11.3 Å². The smallest absolute Gasteiger partial charge is 0.236 e. The lowest BCUT2D eigenvalue weighted by Gasteiger charge is -2.27. The fourth-order valence-electron chi connectivity index (χ4n) is 2.75. The molecule has 3 heterocycles. The SMILES string of the molecule is OCC1CCCCCN1Cc1coc(-c2cccs2)n1. The van der Waals surface area contributed by atoms with Crippen LogP contribution in [0.4, 0.5) is 0 Å². The monoisotopic (exact) mass is 292 g/mol. The molecule has 1 N–H and O–H groups in total. The second-order valence-electron chi connectivity index (χ2n) is 5.28. The Labute approximate surface area is 123 Å². The van der Waals surface area contributed by atoms with Crippen molar-refractivity contribution in [3.05, 3.63) is 29.5 Å². The lowest BCUT2D eigenvalue weighted by Crippen LogP contribution is -2.37. The quantitative estimate of drug-likeness (QED) is 0.940. The number of aromatic nitrogens is 1. The fourth-order valence-corrected chi connectivity index (χ4v) is 3.41. The third-order valence-corrected chi connectivity index (χ3v) is 4.72. The molecule has 0 spiro atoms. The largest absolute Gasteiger partial charge is 0.444 e. The van der Waals surface area contributed by atoms with Crippen LogP contribution in [-0.2, 0) is 6.54 Å². The minimum absolute atomic E-state index is 0.232. The maximum absolute atomic E-state index is 9.54. The van der Waals surface area contributed by atoms with Crippen LogP contribution in [0.3, 0.4) is 0 Å². The van der Waals surface area contributed by atoms with Gasteiger partial charge < -0.3 is 9.52 Å². The summed E-state index contributed by atoms with van der Waals surface area (Å²) in [7, 11) is 0. The first-order chi connectivity index (χ1) is 9.86.